The smallest absolute Gasteiger partial charge is 0.226 e. The Morgan fingerprint density at radius 3 is 2.13 bits per heavy atom. The summed E-state index contributed by atoms with van der Waals surface area (Å²) in [5, 5.41) is 3.36. The predicted molar refractivity (Wildman–Crippen MR) is 90.1 cm³/mol. The van der Waals surface area contributed by atoms with Gasteiger partial charge >= 0.3 is 0 Å². The summed E-state index contributed by atoms with van der Waals surface area (Å²) in [5.74, 6) is 2.86. The van der Waals surface area contributed by atoms with Crippen molar-refractivity contribution in [3.63, 3.8) is 0 Å². The Morgan fingerprint density at radius 1 is 1.09 bits per heavy atom. The molecular weight excluding hydrogens is 288 g/mol. The average Bonchev–Trinajstić information content (AvgIpc) is 2.52. The lowest BCUT2D eigenvalue weighted by Crippen LogP contribution is -2.59. The van der Waals surface area contributed by atoms with Gasteiger partial charge < -0.3 is 10.1 Å². The van der Waals surface area contributed by atoms with E-state index in [0.717, 1.165) is 69.9 Å². The molecule has 5 rings (SSSR count). The second-order valence-corrected chi connectivity index (χ2v) is 9.29. The summed E-state index contributed by atoms with van der Waals surface area (Å²) < 4.78 is 5.46. The van der Waals surface area contributed by atoms with Crippen molar-refractivity contribution in [3.8, 4) is 0 Å². The van der Waals surface area contributed by atoms with E-state index in [-0.39, 0.29) is 11.0 Å². The zero-order valence-corrected chi connectivity index (χ0v) is 14.8. The number of nitrogens with zero attached hydrogens (tertiary/aromatic N) is 1. The van der Waals surface area contributed by atoms with Crippen LogP contribution in [0, 0.1) is 23.2 Å². The quantitative estimate of drug-likeness (QED) is 0.865. The largest absolute Gasteiger partial charge is 0.379 e. The summed E-state index contributed by atoms with van der Waals surface area (Å²) in [4.78, 5) is 15.5. The van der Waals surface area contributed by atoms with Crippen molar-refractivity contribution in [2.24, 2.45) is 23.2 Å². The highest BCUT2D eigenvalue weighted by Crippen LogP contribution is 2.60. The van der Waals surface area contributed by atoms with Crippen molar-refractivity contribution in [3.05, 3.63) is 0 Å². The highest BCUT2D eigenvalue weighted by Gasteiger charge is 2.54. The molecule has 130 valence electrons. The standard InChI is InChI=1S/C19H32N2O2/c1-18(2,21-3-5-23-6-4-21)13-20-17(22)19-10-14-7-15(11-19)9-16(8-14)12-19/h14-16H,3-13H2,1-2H3,(H,20,22). The number of hydrogen-bond donors (Lipinski definition) is 1. The van der Waals surface area contributed by atoms with E-state index in [1.165, 1.54) is 19.3 Å². The molecule has 0 aromatic carbocycles. The topological polar surface area (TPSA) is 41.6 Å². The number of ether oxygens (including phenoxy) is 1. The second kappa shape index (κ2) is 5.73. The number of carbonyl (C=O) groups is 1. The summed E-state index contributed by atoms with van der Waals surface area (Å²) in [6.45, 7) is 8.82. The fraction of sp³-hybridized carbons (Fsp3) is 0.947. The van der Waals surface area contributed by atoms with Gasteiger partial charge in [-0.3, -0.25) is 9.69 Å². The van der Waals surface area contributed by atoms with E-state index in [0.29, 0.717) is 5.91 Å². The molecule has 1 N–H and O–H groups in total. The van der Waals surface area contributed by atoms with Gasteiger partial charge in [0.15, 0.2) is 0 Å². The maximum atomic E-state index is 13.1. The van der Waals surface area contributed by atoms with E-state index in [1.807, 2.05) is 0 Å². The molecule has 4 heteroatoms. The van der Waals surface area contributed by atoms with E-state index < -0.39 is 0 Å². The van der Waals surface area contributed by atoms with Crippen LogP contribution in [0.25, 0.3) is 0 Å². The van der Waals surface area contributed by atoms with Gasteiger partial charge in [0.1, 0.15) is 0 Å². The summed E-state index contributed by atoms with van der Waals surface area (Å²) in [6.07, 6.45) is 7.65. The molecule has 0 aromatic rings. The number of hydrogen-bond acceptors (Lipinski definition) is 3. The lowest BCUT2D eigenvalue weighted by Gasteiger charge is -2.55. The third kappa shape index (κ3) is 2.93. The zero-order valence-electron chi connectivity index (χ0n) is 14.8. The van der Waals surface area contributed by atoms with Crippen molar-refractivity contribution in [2.75, 3.05) is 32.8 Å². The summed E-state index contributed by atoms with van der Waals surface area (Å²) >= 11 is 0. The molecule has 5 fully saturated rings. The average molecular weight is 320 g/mol. The number of carbonyl (C=O) groups excluding carboxylic acids is 1. The van der Waals surface area contributed by atoms with Crippen LogP contribution in [-0.2, 0) is 9.53 Å². The van der Waals surface area contributed by atoms with E-state index in [9.17, 15) is 4.79 Å². The van der Waals surface area contributed by atoms with E-state index in [1.54, 1.807) is 0 Å². The molecule has 1 saturated heterocycles. The molecule has 4 bridgehead atoms. The van der Waals surface area contributed by atoms with Gasteiger partial charge in [0.25, 0.3) is 0 Å². The number of morpholine rings is 1. The minimum atomic E-state index is -0.0180. The second-order valence-electron chi connectivity index (χ2n) is 9.29. The van der Waals surface area contributed by atoms with Gasteiger partial charge in [0, 0.05) is 30.6 Å². The van der Waals surface area contributed by atoms with Gasteiger partial charge in [-0.25, -0.2) is 0 Å². The Morgan fingerprint density at radius 2 is 1.61 bits per heavy atom. The van der Waals surface area contributed by atoms with Crippen LogP contribution in [0.2, 0.25) is 0 Å². The minimum absolute atomic E-state index is 0.0156. The number of amides is 1. The van der Waals surface area contributed by atoms with Crippen molar-refractivity contribution < 1.29 is 9.53 Å². The molecule has 1 amide bonds. The Hall–Kier alpha value is -0.610. The molecule has 1 heterocycles. The first-order valence-electron chi connectivity index (χ1n) is 9.58. The van der Waals surface area contributed by atoms with Gasteiger partial charge in [-0.2, -0.15) is 0 Å². The molecule has 23 heavy (non-hydrogen) atoms. The van der Waals surface area contributed by atoms with Gasteiger partial charge in [0.05, 0.1) is 13.2 Å². The first kappa shape index (κ1) is 15.9. The summed E-state index contributed by atoms with van der Waals surface area (Å²) in [5.41, 5.74) is -0.00241. The monoisotopic (exact) mass is 320 g/mol. The van der Waals surface area contributed by atoms with Crippen molar-refractivity contribution >= 4 is 5.91 Å². The molecule has 0 radical (unpaired) electrons. The van der Waals surface area contributed by atoms with Crippen molar-refractivity contribution in [1.29, 1.82) is 0 Å². The fourth-order valence-electron chi connectivity index (χ4n) is 6.15. The minimum Gasteiger partial charge on any atom is -0.379 e. The highest BCUT2D eigenvalue weighted by atomic mass is 16.5. The van der Waals surface area contributed by atoms with Gasteiger partial charge in [0.2, 0.25) is 5.91 Å². The molecule has 0 atom stereocenters. The first-order chi connectivity index (χ1) is 11.0. The lowest BCUT2D eigenvalue weighted by molar-refractivity contribution is -0.147. The molecule has 1 aliphatic heterocycles. The third-order valence-electron chi connectivity index (χ3n) is 7.07. The molecular formula is C19H32N2O2. The van der Waals surface area contributed by atoms with Crippen LogP contribution in [-0.4, -0.2) is 49.2 Å². The van der Waals surface area contributed by atoms with Crippen LogP contribution in [0.5, 0.6) is 0 Å². The van der Waals surface area contributed by atoms with Gasteiger partial charge in [-0.05, 0) is 70.1 Å². The molecule has 4 saturated carbocycles. The lowest BCUT2D eigenvalue weighted by atomic mass is 9.49. The zero-order chi connectivity index (χ0) is 16.1. The molecule has 0 spiro atoms. The van der Waals surface area contributed by atoms with Crippen LogP contribution < -0.4 is 5.32 Å². The molecule has 4 nitrogen and oxygen atoms in total. The Labute approximate surface area is 140 Å². The Kier molecular flexibility index (Phi) is 3.96. The third-order valence-corrected chi connectivity index (χ3v) is 7.07. The highest BCUT2D eigenvalue weighted by molar-refractivity contribution is 5.83. The molecule has 0 aromatic heterocycles. The summed E-state index contributed by atoms with van der Waals surface area (Å²) in [6, 6.07) is 0. The van der Waals surface area contributed by atoms with Crippen LogP contribution in [0.15, 0.2) is 0 Å². The van der Waals surface area contributed by atoms with E-state index >= 15 is 0 Å². The predicted octanol–water partition coefficient (Wildman–Crippen LogP) is 2.43. The van der Waals surface area contributed by atoms with Crippen LogP contribution in [0.3, 0.4) is 0 Å². The summed E-state index contributed by atoms with van der Waals surface area (Å²) in [7, 11) is 0. The van der Waals surface area contributed by atoms with E-state index in [2.05, 4.69) is 24.1 Å². The van der Waals surface area contributed by atoms with Crippen LogP contribution in [0.1, 0.15) is 52.4 Å². The molecule has 4 aliphatic carbocycles. The van der Waals surface area contributed by atoms with Crippen LogP contribution >= 0.6 is 0 Å². The molecule has 5 aliphatic rings. The number of nitrogens with one attached hydrogen (secondary N) is 1. The van der Waals surface area contributed by atoms with Gasteiger partial charge in [-0.15, -0.1) is 0 Å². The fourth-order valence-corrected chi connectivity index (χ4v) is 6.15. The van der Waals surface area contributed by atoms with E-state index in [4.69, 9.17) is 4.74 Å². The normalized spacial score (nSPS) is 40.3. The van der Waals surface area contributed by atoms with Gasteiger partial charge in [-0.1, -0.05) is 0 Å². The maximum Gasteiger partial charge on any atom is 0.226 e. The van der Waals surface area contributed by atoms with Crippen molar-refractivity contribution in [1.82, 2.24) is 10.2 Å². The van der Waals surface area contributed by atoms with Crippen LogP contribution in [0.4, 0.5) is 0 Å². The number of rotatable bonds is 4. The van der Waals surface area contributed by atoms with Crippen molar-refractivity contribution in [2.45, 2.75) is 57.9 Å². The SMILES string of the molecule is CC(C)(CNC(=O)C12CC3CC(CC(C3)C1)C2)N1CCOCC1. The maximum absolute atomic E-state index is 13.1. The molecule has 0 unspecified atom stereocenters. The Bertz CT molecular complexity index is 433. The Balaban J connectivity index is 1.38. The first-order valence-corrected chi connectivity index (χ1v) is 9.58.